The van der Waals surface area contributed by atoms with Crippen LogP contribution >= 0.6 is 0 Å². The van der Waals surface area contributed by atoms with Crippen LogP contribution in [0.1, 0.15) is 12.2 Å². The number of hydrogen-bond donors (Lipinski definition) is 1. The molecule has 154 valence electrons. The van der Waals surface area contributed by atoms with Crippen LogP contribution in [-0.4, -0.2) is 38.7 Å². The van der Waals surface area contributed by atoms with Crippen LogP contribution in [0.25, 0.3) is 0 Å². The highest BCUT2D eigenvalue weighted by molar-refractivity contribution is 6.90. The fraction of sp³-hybridized carbons (Fsp3) is 0.812. The minimum atomic E-state index is -2.69. The number of aromatic nitrogens is 2. The zero-order chi connectivity index (χ0) is 19.5. The van der Waals surface area contributed by atoms with E-state index >= 15 is 0 Å². The highest BCUT2D eigenvalue weighted by Crippen LogP contribution is 2.30. The second-order valence-corrected chi connectivity index (χ2v) is 26.7. The van der Waals surface area contributed by atoms with Gasteiger partial charge in [-0.15, -0.1) is 0 Å². The fourth-order valence-corrected chi connectivity index (χ4v) is 17.4. The second kappa shape index (κ2) is 9.64. The van der Waals surface area contributed by atoms with Crippen LogP contribution in [0.3, 0.4) is 0 Å². The van der Waals surface area contributed by atoms with E-state index in [0.29, 0.717) is 0 Å². The third kappa shape index (κ3) is 10.5. The summed E-state index contributed by atoms with van der Waals surface area (Å²) in [6.45, 7) is 20.1. The second-order valence-electron chi connectivity index (χ2n) is 9.70. The van der Waals surface area contributed by atoms with Gasteiger partial charge in [0.15, 0.2) is 25.0 Å². The Morgan fingerprint density at radius 1 is 0.846 bits per heavy atom. The van der Waals surface area contributed by atoms with Gasteiger partial charge in [-0.2, -0.15) is 0 Å². The Hall–Kier alpha value is 0.248. The van der Waals surface area contributed by atoms with Gasteiger partial charge >= 0.3 is 8.80 Å². The highest BCUT2D eigenvalue weighted by atomic mass is 35.5. The number of aromatic amines is 1. The maximum atomic E-state index is 6.71. The van der Waals surface area contributed by atoms with E-state index in [1.165, 1.54) is 5.82 Å². The Kier molecular flexibility index (Phi) is 9.73. The van der Waals surface area contributed by atoms with Crippen LogP contribution < -0.4 is 17.0 Å². The molecular formula is C16H39ClN2O3Si4. The molecule has 1 rings (SSSR count). The quantitative estimate of drug-likeness (QED) is 0.427. The summed E-state index contributed by atoms with van der Waals surface area (Å²) in [5.41, 5.74) is 0. The molecule has 0 aliphatic heterocycles. The summed E-state index contributed by atoms with van der Waals surface area (Å²) in [4.78, 5) is 3.32. The molecule has 1 aromatic heterocycles. The molecule has 10 heteroatoms. The zero-order valence-electron chi connectivity index (χ0n) is 18.3. The highest BCUT2D eigenvalue weighted by Gasteiger charge is 2.49. The van der Waals surface area contributed by atoms with Gasteiger partial charge in [0.25, 0.3) is 5.82 Å². The molecule has 0 saturated heterocycles. The van der Waals surface area contributed by atoms with Crippen LogP contribution in [0.5, 0.6) is 0 Å². The lowest BCUT2D eigenvalue weighted by Crippen LogP contribution is -3.00. The first-order chi connectivity index (χ1) is 11.1. The number of nitrogens with one attached hydrogen (secondary N) is 1. The number of halogens is 1. The van der Waals surface area contributed by atoms with Crippen molar-refractivity contribution in [2.24, 2.45) is 7.05 Å². The Labute approximate surface area is 171 Å². The summed E-state index contributed by atoms with van der Waals surface area (Å²) in [5, 5.41) is 0. The SMILES string of the molecule is C[n+]1cc[nH]c1CCC[Si](O[Si](C)(C)C)(O[Si](C)(C)C)O[Si](C)(C)C.[Cl-]. The van der Waals surface area contributed by atoms with Crippen molar-refractivity contribution in [2.75, 3.05) is 0 Å². The van der Waals surface area contributed by atoms with Gasteiger partial charge in [0.1, 0.15) is 12.4 Å². The number of imidazole rings is 1. The molecule has 0 aliphatic carbocycles. The molecule has 0 spiro atoms. The molecular weight excluding hydrogens is 416 g/mol. The molecule has 1 N–H and O–H groups in total. The predicted octanol–water partition coefficient (Wildman–Crippen LogP) is 1.27. The first-order valence-corrected chi connectivity index (χ1v) is 21.4. The molecule has 1 aromatic rings. The molecule has 5 nitrogen and oxygen atoms in total. The largest absolute Gasteiger partial charge is 1.00 e. The molecule has 0 atom stereocenters. The minimum Gasteiger partial charge on any atom is -1.00 e. The van der Waals surface area contributed by atoms with Crippen molar-refractivity contribution in [3.63, 3.8) is 0 Å². The number of hydrogen-bond acceptors (Lipinski definition) is 3. The molecule has 0 aromatic carbocycles. The Morgan fingerprint density at radius 2 is 1.27 bits per heavy atom. The van der Waals surface area contributed by atoms with Gasteiger partial charge in [-0.1, -0.05) is 0 Å². The molecule has 0 unspecified atom stereocenters. The summed E-state index contributed by atoms with van der Waals surface area (Å²) in [6, 6.07) is 0.894. The summed E-state index contributed by atoms with van der Waals surface area (Å²) in [6.07, 6.45) is 6.03. The first-order valence-electron chi connectivity index (χ1n) is 9.23. The van der Waals surface area contributed by atoms with E-state index in [0.717, 1.165) is 18.9 Å². The van der Waals surface area contributed by atoms with Crippen LogP contribution in [0.15, 0.2) is 12.4 Å². The van der Waals surface area contributed by atoms with E-state index < -0.39 is 33.8 Å². The average molecular weight is 455 g/mol. The van der Waals surface area contributed by atoms with Crippen molar-refractivity contribution < 1.29 is 29.3 Å². The lowest BCUT2D eigenvalue weighted by molar-refractivity contribution is -0.677. The summed E-state index contributed by atoms with van der Waals surface area (Å²) in [5.74, 6) is 1.23. The van der Waals surface area contributed by atoms with Gasteiger partial charge < -0.3 is 24.8 Å². The maximum Gasteiger partial charge on any atom is 0.469 e. The van der Waals surface area contributed by atoms with Crippen LogP contribution in [0.2, 0.25) is 65.0 Å². The lowest BCUT2D eigenvalue weighted by atomic mass is 10.3. The van der Waals surface area contributed by atoms with E-state index in [-0.39, 0.29) is 12.4 Å². The standard InChI is InChI=1S/C16H38N2O3Si4.ClH/c1-18-14-13-17-16(18)12-11-15-25(19-22(2,3)4,20-23(5,6)7)21-24(8,9)10;/h13-14H,11-12,15H2,1-10H3;1H. The number of aryl methyl sites for hydroxylation is 2. The number of nitrogens with zero attached hydrogens (tertiary/aromatic N) is 1. The summed E-state index contributed by atoms with van der Waals surface area (Å²) in [7, 11) is -5.94. The van der Waals surface area contributed by atoms with Crippen molar-refractivity contribution in [3.8, 4) is 0 Å². The van der Waals surface area contributed by atoms with Gasteiger partial charge in [-0.3, -0.25) is 0 Å². The number of H-pyrrole nitrogens is 1. The Morgan fingerprint density at radius 3 is 1.58 bits per heavy atom. The molecule has 0 amide bonds. The van der Waals surface area contributed by atoms with Crippen molar-refractivity contribution in [2.45, 2.75) is 77.8 Å². The molecule has 0 radical (unpaired) electrons. The smallest absolute Gasteiger partial charge is 0.469 e. The maximum absolute atomic E-state index is 6.71. The molecule has 0 fully saturated rings. The molecule has 0 saturated carbocycles. The first kappa shape index (κ1) is 26.2. The van der Waals surface area contributed by atoms with Gasteiger partial charge in [0, 0.05) is 12.5 Å². The van der Waals surface area contributed by atoms with E-state index in [1.54, 1.807) is 0 Å². The van der Waals surface area contributed by atoms with E-state index in [9.17, 15) is 0 Å². The van der Waals surface area contributed by atoms with Gasteiger partial charge in [0.2, 0.25) is 0 Å². The van der Waals surface area contributed by atoms with Crippen molar-refractivity contribution in [1.82, 2.24) is 4.98 Å². The van der Waals surface area contributed by atoms with Crippen molar-refractivity contribution >= 4 is 33.8 Å². The van der Waals surface area contributed by atoms with E-state index in [4.69, 9.17) is 12.3 Å². The Balaban J connectivity index is 0.00000625. The van der Waals surface area contributed by atoms with Gasteiger partial charge in [-0.25, -0.2) is 9.55 Å². The average Bonchev–Trinajstić information content (AvgIpc) is 2.67. The predicted molar refractivity (Wildman–Crippen MR) is 114 cm³/mol. The van der Waals surface area contributed by atoms with Gasteiger partial charge in [0.05, 0.1) is 7.05 Å². The third-order valence-corrected chi connectivity index (χ3v) is 15.3. The fourth-order valence-electron chi connectivity index (χ4n) is 2.77. The molecule has 0 bridgehead atoms. The lowest BCUT2D eigenvalue weighted by Gasteiger charge is -2.42. The zero-order valence-corrected chi connectivity index (χ0v) is 23.1. The monoisotopic (exact) mass is 454 g/mol. The minimum absolute atomic E-state index is 0. The topological polar surface area (TPSA) is 47.4 Å². The summed E-state index contributed by atoms with van der Waals surface area (Å²) < 4.78 is 22.3. The molecule has 0 aliphatic rings. The van der Waals surface area contributed by atoms with Crippen LogP contribution in [0.4, 0.5) is 0 Å². The van der Waals surface area contributed by atoms with Crippen LogP contribution in [0, 0.1) is 0 Å². The van der Waals surface area contributed by atoms with Crippen molar-refractivity contribution in [1.29, 1.82) is 0 Å². The van der Waals surface area contributed by atoms with Gasteiger partial charge in [-0.05, 0) is 65.3 Å². The normalized spacial score (nSPS) is 13.6. The van der Waals surface area contributed by atoms with Crippen molar-refractivity contribution in [3.05, 3.63) is 18.2 Å². The van der Waals surface area contributed by atoms with E-state index in [2.05, 4.69) is 81.7 Å². The van der Waals surface area contributed by atoms with E-state index in [1.807, 2.05) is 6.20 Å². The summed E-state index contributed by atoms with van der Waals surface area (Å²) >= 11 is 0. The number of rotatable bonds is 10. The Bertz CT molecular complexity index is 510. The third-order valence-electron chi connectivity index (χ3n) is 3.26. The van der Waals surface area contributed by atoms with Crippen LogP contribution in [-0.2, 0) is 25.8 Å². The molecule has 1 heterocycles. The molecule has 26 heavy (non-hydrogen) atoms.